The minimum Gasteiger partial charge on any atom is -0.454 e. The summed E-state index contributed by atoms with van der Waals surface area (Å²) in [5.74, 6) is 0.431. The van der Waals surface area contributed by atoms with Gasteiger partial charge in [-0.15, -0.1) is 0 Å². The number of esters is 1. The number of carbonyl (C=O) groups excluding carboxylic acids is 1. The summed E-state index contributed by atoms with van der Waals surface area (Å²) in [5.41, 5.74) is 0. The fourth-order valence-corrected chi connectivity index (χ4v) is 1.30. The van der Waals surface area contributed by atoms with Crippen molar-refractivity contribution in [3.8, 4) is 0 Å². The number of hydrogen-bond donors (Lipinski definition) is 0. The van der Waals surface area contributed by atoms with E-state index in [2.05, 4.69) is 0 Å². The van der Waals surface area contributed by atoms with Crippen molar-refractivity contribution >= 4 is 5.97 Å². The molecule has 1 aromatic rings. The Morgan fingerprint density at radius 2 is 2.00 bits per heavy atom. The number of hydrogen-bond acceptors (Lipinski definition) is 4. The van der Waals surface area contributed by atoms with Crippen LogP contribution >= 0.6 is 0 Å². The molecule has 0 N–H and O–H groups in total. The highest BCUT2D eigenvalue weighted by Crippen LogP contribution is 2.11. The van der Waals surface area contributed by atoms with E-state index in [0.29, 0.717) is 19.0 Å². The molecule has 1 heterocycles. The van der Waals surface area contributed by atoms with Gasteiger partial charge in [-0.3, -0.25) is 0 Å². The molecular formula is C14H24NO4+. The van der Waals surface area contributed by atoms with Crippen LogP contribution in [0.4, 0.5) is 0 Å². The standard InChI is InChI=1S/C14H24NO4/c1-11(2)18-10-12-6-7-13(19-12)14(16)17-9-8-15(3,4)5/h6-7,11H,8-10H2,1-5H3/q+1. The number of likely N-dealkylation sites (N-methyl/N-ethyl adjacent to an activating group) is 1. The molecule has 0 radical (unpaired) electrons. The van der Waals surface area contributed by atoms with Gasteiger partial charge in [0.25, 0.3) is 0 Å². The monoisotopic (exact) mass is 270 g/mol. The lowest BCUT2D eigenvalue weighted by Crippen LogP contribution is -2.37. The number of carbonyl (C=O) groups is 1. The molecule has 0 bridgehead atoms. The molecule has 0 saturated heterocycles. The van der Waals surface area contributed by atoms with E-state index in [9.17, 15) is 4.79 Å². The fourth-order valence-electron chi connectivity index (χ4n) is 1.30. The van der Waals surface area contributed by atoms with E-state index in [1.165, 1.54) is 0 Å². The topological polar surface area (TPSA) is 48.7 Å². The van der Waals surface area contributed by atoms with Crippen LogP contribution < -0.4 is 0 Å². The van der Waals surface area contributed by atoms with Crippen LogP contribution in [-0.4, -0.2) is 50.9 Å². The third kappa shape index (κ3) is 6.40. The third-order valence-corrected chi connectivity index (χ3v) is 2.42. The Hall–Kier alpha value is -1.33. The van der Waals surface area contributed by atoms with Crippen molar-refractivity contribution in [2.24, 2.45) is 0 Å². The SMILES string of the molecule is CC(C)OCc1ccc(C(=O)OCC[N+](C)(C)C)o1. The first-order valence-electron chi connectivity index (χ1n) is 6.46. The summed E-state index contributed by atoms with van der Waals surface area (Å²) < 4.78 is 16.7. The van der Waals surface area contributed by atoms with Gasteiger partial charge in [0.2, 0.25) is 5.76 Å². The van der Waals surface area contributed by atoms with Gasteiger partial charge in [-0.25, -0.2) is 4.79 Å². The van der Waals surface area contributed by atoms with Crippen LogP contribution in [0.3, 0.4) is 0 Å². The molecule has 0 unspecified atom stereocenters. The summed E-state index contributed by atoms with van der Waals surface area (Å²) >= 11 is 0. The highest BCUT2D eigenvalue weighted by Gasteiger charge is 2.15. The summed E-state index contributed by atoms with van der Waals surface area (Å²) in [4.78, 5) is 11.7. The van der Waals surface area contributed by atoms with Crippen molar-refractivity contribution < 1.29 is 23.2 Å². The Kier molecular flexibility index (Phi) is 5.57. The van der Waals surface area contributed by atoms with Crippen LogP contribution in [0, 0.1) is 0 Å². The van der Waals surface area contributed by atoms with E-state index in [1.807, 2.05) is 35.0 Å². The first-order chi connectivity index (χ1) is 8.78. The zero-order chi connectivity index (χ0) is 14.5. The van der Waals surface area contributed by atoms with Crippen molar-refractivity contribution in [2.75, 3.05) is 34.3 Å². The molecule has 5 nitrogen and oxygen atoms in total. The van der Waals surface area contributed by atoms with Gasteiger partial charge < -0.3 is 18.4 Å². The predicted molar refractivity (Wildman–Crippen MR) is 71.8 cm³/mol. The average Bonchev–Trinajstić information content (AvgIpc) is 2.73. The summed E-state index contributed by atoms with van der Waals surface area (Å²) in [6.07, 6.45) is 0.130. The zero-order valence-corrected chi connectivity index (χ0v) is 12.4. The second kappa shape index (κ2) is 6.73. The van der Waals surface area contributed by atoms with Crippen LogP contribution in [0.2, 0.25) is 0 Å². The van der Waals surface area contributed by atoms with Gasteiger partial charge in [0.1, 0.15) is 25.5 Å². The third-order valence-electron chi connectivity index (χ3n) is 2.42. The minimum atomic E-state index is -0.427. The maximum Gasteiger partial charge on any atom is 0.374 e. The van der Waals surface area contributed by atoms with Crippen LogP contribution in [0.15, 0.2) is 16.5 Å². The Morgan fingerprint density at radius 3 is 2.58 bits per heavy atom. The molecule has 5 heteroatoms. The van der Waals surface area contributed by atoms with Crippen LogP contribution in [0.5, 0.6) is 0 Å². The molecule has 1 aromatic heterocycles. The van der Waals surface area contributed by atoms with E-state index >= 15 is 0 Å². The maximum absolute atomic E-state index is 11.7. The lowest BCUT2D eigenvalue weighted by Gasteiger charge is -2.23. The van der Waals surface area contributed by atoms with Crippen molar-refractivity contribution in [3.05, 3.63) is 23.7 Å². The fraction of sp³-hybridized carbons (Fsp3) is 0.643. The predicted octanol–water partition coefficient (Wildman–Crippen LogP) is 2.07. The van der Waals surface area contributed by atoms with E-state index < -0.39 is 5.97 Å². The zero-order valence-electron chi connectivity index (χ0n) is 12.4. The summed E-state index contributed by atoms with van der Waals surface area (Å²) in [6.45, 7) is 5.40. The normalized spacial score (nSPS) is 11.9. The van der Waals surface area contributed by atoms with E-state index in [4.69, 9.17) is 13.9 Å². The first kappa shape index (κ1) is 15.7. The minimum absolute atomic E-state index is 0.130. The molecule has 0 aromatic carbocycles. The second-order valence-corrected chi connectivity index (χ2v) is 5.78. The molecule has 0 spiro atoms. The second-order valence-electron chi connectivity index (χ2n) is 5.78. The lowest BCUT2D eigenvalue weighted by molar-refractivity contribution is -0.870. The summed E-state index contributed by atoms with van der Waals surface area (Å²) in [6, 6.07) is 3.35. The Labute approximate surface area is 114 Å². The molecule has 0 fully saturated rings. The van der Waals surface area contributed by atoms with E-state index in [-0.39, 0.29) is 11.9 Å². The Morgan fingerprint density at radius 1 is 1.32 bits per heavy atom. The highest BCUT2D eigenvalue weighted by molar-refractivity contribution is 5.86. The van der Waals surface area contributed by atoms with Crippen molar-refractivity contribution in [1.82, 2.24) is 0 Å². The molecule has 0 saturated carbocycles. The van der Waals surface area contributed by atoms with Crippen molar-refractivity contribution in [3.63, 3.8) is 0 Å². The van der Waals surface area contributed by atoms with Gasteiger partial charge in [0.15, 0.2) is 0 Å². The van der Waals surface area contributed by atoms with Crippen molar-refractivity contribution in [2.45, 2.75) is 26.6 Å². The van der Waals surface area contributed by atoms with Crippen LogP contribution in [0.25, 0.3) is 0 Å². The van der Waals surface area contributed by atoms with Gasteiger partial charge >= 0.3 is 5.97 Å². The maximum atomic E-state index is 11.7. The summed E-state index contributed by atoms with van der Waals surface area (Å²) in [7, 11) is 6.13. The number of ether oxygens (including phenoxy) is 2. The molecule has 1 rings (SSSR count). The number of furan rings is 1. The van der Waals surface area contributed by atoms with Crippen LogP contribution in [0.1, 0.15) is 30.2 Å². The van der Waals surface area contributed by atoms with Gasteiger partial charge in [-0.2, -0.15) is 0 Å². The smallest absolute Gasteiger partial charge is 0.374 e. The number of nitrogens with zero attached hydrogens (tertiary/aromatic N) is 1. The van der Waals surface area contributed by atoms with Gasteiger partial charge in [-0.1, -0.05) is 0 Å². The van der Waals surface area contributed by atoms with E-state index in [0.717, 1.165) is 11.0 Å². The highest BCUT2D eigenvalue weighted by atomic mass is 16.5. The van der Waals surface area contributed by atoms with E-state index in [1.54, 1.807) is 12.1 Å². The van der Waals surface area contributed by atoms with Gasteiger partial charge in [-0.05, 0) is 26.0 Å². The largest absolute Gasteiger partial charge is 0.454 e. The molecular weight excluding hydrogens is 246 g/mol. The molecule has 0 atom stereocenters. The first-order valence-corrected chi connectivity index (χ1v) is 6.46. The number of quaternary nitrogens is 1. The Bertz CT molecular complexity index is 404. The van der Waals surface area contributed by atoms with Gasteiger partial charge in [0.05, 0.1) is 27.2 Å². The quantitative estimate of drug-likeness (QED) is 0.562. The van der Waals surface area contributed by atoms with Crippen molar-refractivity contribution in [1.29, 1.82) is 0 Å². The molecule has 108 valence electrons. The molecule has 0 aliphatic carbocycles. The summed E-state index contributed by atoms with van der Waals surface area (Å²) in [5, 5.41) is 0. The molecule has 19 heavy (non-hydrogen) atoms. The molecule has 0 aliphatic rings. The average molecular weight is 270 g/mol. The Balaban J connectivity index is 2.41. The van der Waals surface area contributed by atoms with Crippen LogP contribution in [-0.2, 0) is 16.1 Å². The lowest BCUT2D eigenvalue weighted by atomic mass is 10.4. The number of rotatable bonds is 7. The molecule has 0 aliphatic heterocycles. The van der Waals surface area contributed by atoms with Gasteiger partial charge in [0, 0.05) is 0 Å². The molecule has 0 amide bonds.